The summed E-state index contributed by atoms with van der Waals surface area (Å²) in [6.45, 7) is 1.44. The van der Waals surface area contributed by atoms with E-state index >= 15 is 0 Å². The Labute approximate surface area is 123 Å². The van der Waals surface area contributed by atoms with E-state index in [2.05, 4.69) is 20.6 Å². The van der Waals surface area contributed by atoms with E-state index < -0.39 is 0 Å². The largest absolute Gasteiger partial charge is 0.439 e. The van der Waals surface area contributed by atoms with E-state index in [0.29, 0.717) is 23.1 Å². The molecular formula is C14H19N5O2. The van der Waals surface area contributed by atoms with Crippen molar-refractivity contribution >= 4 is 23.6 Å². The van der Waals surface area contributed by atoms with Gasteiger partial charge in [-0.05, 0) is 19.1 Å². The minimum absolute atomic E-state index is 0.474. The maximum Gasteiger partial charge on any atom is 0.221 e. The lowest BCUT2D eigenvalue weighted by atomic mass is 10.4. The van der Waals surface area contributed by atoms with Crippen molar-refractivity contribution in [2.75, 3.05) is 30.5 Å². The second-order valence-electron chi connectivity index (χ2n) is 3.80. The van der Waals surface area contributed by atoms with Crippen molar-refractivity contribution in [3.05, 3.63) is 30.5 Å². The van der Waals surface area contributed by atoms with Gasteiger partial charge < -0.3 is 25.9 Å². The first kappa shape index (κ1) is 16.2. The molecule has 7 heteroatoms. The number of rotatable bonds is 4. The van der Waals surface area contributed by atoms with Crippen LogP contribution in [0.4, 0.5) is 17.3 Å². The summed E-state index contributed by atoms with van der Waals surface area (Å²) in [6, 6.07) is 7.01. The van der Waals surface area contributed by atoms with Crippen molar-refractivity contribution in [1.82, 2.24) is 9.97 Å². The summed E-state index contributed by atoms with van der Waals surface area (Å²) in [5.41, 5.74) is 6.32. The molecule has 0 aromatic carbocycles. The first-order valence-corrected chi connectivity index (χ1v) is 6.30. The van der Waals surface area contributed by atoms with Gasteiger partial charge in [-0.15, -0.1) is 0 Å². The minimum Gasteiger partial charge on any atom is -0.439 e. The summed E-state index contributed by atoms with van der Waals surface area (Å²) in [5.74, 6) is 2.46. The first-order chi connectivity index (χ1) is 10.1. The summed E-state index contributed by atoms with van der Waals surface area (Å²) < 4.78 is 5.63. The Balaban J connectivity index is 0.000000677. The second-order valence-corrected chi connectivity index (χ2v) is 3.80. The van der Waals surface area contributed by atoms with E-state index in [1.165, 1.54) is 6.92 Å². The van der Waals surface area contributed by atoms with Gasteiger partial charge in [0.2, 0.25) is 5.88 Å². The van der Waals surface area contributed by atoms with E-state index in [1.54, 1.807) is 44.6 Å². The number of aromatic nitrogens is 2. The topological polar surface area (TPSA) is 102 Å². The number of carbonyl (C=O) groups excluding carboxylic acids is 1. The Morgan fingerprint density at radius 2 is 1.95 bits per heavy atom. The van der Waals surface area contributed by atoms with Crippen molar-refractivity contribution in [1.29, 1.82) is 0 Å². The van der Waals surface area contributed by atoms with Crippen LogP contribution < -0.4 is 21.1 Å². The predicted molar refractivity (Wildman–Crippen MR) is 83.8 cm³/mol. The fraction of sp³-hybridized carbons (Fsp3) is 0.214. The summed E-state index contributed by atoms with van der Waals surface area (Å²) in [4.78, 5) is 17.2. The number of nitrogens with one attached hydrogen (secondary N) is 2. The highest BCUT2D eigenvalue weighted by Crippen LogP contribution is 2.24. The Bertz CT molecular complexity index is 589. The lowest BCUT2D eigenvalue weighted by molar-refractivity contribution is -0.106. The van der Waals surface area contributed by atoms with Crippen LogP contribution in [0.3, 0.4) is 0 Å². The van der Waals surface area contributed by atoms with E-state index in [1.807, 2.05) is 0 Å². The molecule has 2 aromatic heterocycles. The van der Waals surface area contributed by atoms with Crippen LogP contribution in [0.1, 0.15) is 6.92 Å². The molecule has 0 saturated carbocycles. The van der Waals surface area contributed by atoms with Crippen LogP contribution in [0.15, 0.2) is 30.5 Å². The quantitative estimate of drug-likeness (QED) is 0.741. The average molecular weight is 289 g/mol. The van der Waals surface area contributed by atoms with Crippen molar-refractivity contribution in [3.63, 3.8) is 0 Å². The highest BCUT2D eigenvalue weighted by atomic mass is 16.5. The molecule has 0 aliphatic heterocycles. The standard InChI is InChI=1S/C12H15N5O.C2H4O/c1-14-10-7-8(5-6-16-10)18-11-4-3-9(13)12(15-2)17-11;1-2-3/h3-7H,13H2,1-2H3,(H,14,16)(H,15,17);2H,1H3. The molecule has 0 radical (unpaired) electrons. The highest BCUT2D eigenvalue weighted by molar-refractivity contribution is 5.61. The van der Waals surface area contributed by atoms with Crippen LogP contribution >= 0.6 is 0 Å². The maximum atomic E-state index is 8.81. The van der Waals surface area contributed by atoms with Gasteiger partial charge in [-0.1, -0.05) is 0 Å². The van der Waals surface area contributed by atoms with Gasteiger partial charge in [-0.25, -0.2) is 4.98 Å². The third-order valence-electron chi connectivity index (χ3n) is 2.35. The molecule has 112 valence electrons. The van der Waals surface area contributed by atoms with Gasteiger partial charge in [0.25, 0.3) is 0 Å². The van der Waals surface area contributed by atoms with Crippen LogP contribution in [0.2, 0.25) is 0 Å². The molecule has 2 heterocycles. The van der Waals surface area contributed by atoms with Crippen LogP contribution in [0.5, 0.6) is 11.6 Å². The van der Waals surface area contributed by atoms with Gasteiger partial charge >= 0.3 is 0 Å². The second kappa shape index (κ2) is 8.36. The molecular weight excluding hydrogens is 270 g/mol. The number of pyridine rings is 2. The summed E-state index contributed by atoms with van der Waals surface area (Å²) in [7, 11) is 3.56. The van der Waals surface area contributed by atoms with E-state index in [9.17, 15) is 0 Å². The third kappa shape index (κ3) is 4.98. The van der Waals surface area contributed by atoms with E-state index in [-0.39, 0.29) is 0 Å². The monoisotopic (exact) mass is 289 g/mol. The van der Waals surface area contributed by atoms with E-state index in [0.717, 1.165) is 12.1 Å². The normalized spacial score (nSPS) is 9.10. The van der Waals surface area contributed by atoms with Gasteiger partial charge in [-0.2, -0.15) is 4.98 Å². The Kier molecular flexibility index (Phi) is 6.46. The van der Waals surface area contributed by atoms with Crippen LogP contribution in [0.25, 0.3) is 0 Å². The van der Waals surface area contributed by atoms with Gasteiger partial charge in [0.05, 0.1) is 5.69 Å². The number of nitrogen functional groups attached to an aromatic ring is 1. The van der Waals surface area contributed by atoms with Gasteiger partial charge in [0.1, 0.15) is 17.9 Å². The maximum absolute atomic E-state index is 8.81. The molecule has 0 spiro atoms. The SMILES string of the molecule is CC=O.CNc1cc(Oc2ccc(N)c(NC)n2)ccn1. The van der Waals surface area contributed by atoms with Crippen molar-refractivity contribution in [2.45, 2.75) is 6.92 Å². The van der Waals surface area contributed by atoms with Crippen LogP contribution in [-0.2, 0) is 4.79 Å². The number of hydrogen-bond acceptors (Lipinski definition) is 7. The lowest BCUT2D eigenvalue weighted by Crippen LogP contribution is -2.00. The van der Waals surface area contributed by atoms with Gasteiger partial charge in [0.15, 0.2) is 5.82 Å². The van der Waals surface area contributed by atoms with Gasteiger partial charge in [0, 0.05) is 32.4 Å². The highest BCUT2D eigenvalue weighted by Gasteiger charge is 2.04. The Morgan fingerprint density at radius 1 is 1.24 bits per heavy atom. The summed E-state index contributed by atoms with van der Waals surface area (Å²) in [5, 5.41) is 5.84. The summed E-state index contributed by atoms with van der Waals surface area (Å²) >= 11 is 0. The molecule has 0 bridgehead atoms. The van der Waals surface area contributed by atoms with E-state index in [4.69, 9.17) is 15.3 Å². The molecule has 0 aliphatic carbocycles. The third-order valence-corrected chi connectivity index (χ3v) is 2.35. The Morgan fingerprint density at radius 3 is 2.57 bits per heavy atom. The zero-order valence-corrected chi connectivity index (χ0v) is 12.3. The minimum atomic E-state index is 0.474. The molecule has 4 N–H and O–H groups in total. The molecule has 0 amide bonds. The number of carbonyl (C=O) groups is 1. The molecule has 0 unspecified atom stereocenters. The number of nitrogens with zero attached hydrogens (tertiary/aromatic N) is 2. The molecule has 0 aliphatic rings. The predicted octanol–water partition coefficient (Wildman–Crippen LogP) is 2.14. The van der Waals surface area contributed by atoms with Crippen LogP contribution in [0, 0.1) is 0 Å². The summed E-state index contributed by atoms with van der Waals surface area (Å²) in [6.07, 6.45) is 2.41. The molecule has 0 atom stereocenters. The van der Waals surface area contributed by atoms with Crippen molar-refractivity contribution in [2.24, 2.45) is 0 Å². The zero-order chi connectivity index (χ0) is 15.7. The molecule has 0 saturated heterocycles. The molecule has 21 heavy (non-hydrogen) atoms. The first-order valence-electron chi connectivity index (χ1n) is 6.30. The van der Waals surface area contributed by atoms with Crippen molar-refractivity contribution < 1.29 is 9.53 Å². The van der Waals surface area contributed by atoms with Crippen molar-refractivity contribution in [3.8, 4) is 11.6 Å². The molecule has 0 fully saturated rings. The van der Waals surface area contributed by atoms with Gasteiger partial charge in [-0.3, -0.25) is 0 Å². The number of anilines is 3. The number of ether oxygens (including phenoxy) is 1. The molecule has 2 aromatic rings. The fourth-order valence-electron chi connectivity index (χ4n) is 1.44. The van der Waals surface area contributed by atoms with Crippen LogP contribution in [-0.4, -0.2) is 30.3 Å². The Hall–Kier alpha value is -2.83. The lowest BCUT2D eigenvalue weighted by Gasteiger charge is -2.09. The molecule has 7 nitrogen and oxygen atoms in total. The smallest absolute Gasteiger partial charge is 0.221 e. The fourth-order valence-corrected chi connectivity index (χ4v) is 1.44. The number of aldehydes is 1. The number of hydrogen-bond donors (Lipinski definition) is 3. The molecule has 2 rings (SSSR count). The number of nitrogens with two attached hydrogens (primary N) is 1. The zero-order valence-electron chi connectivity index (χ0n) is 12.3. The average Bonchev–Trinajstić information content (AvgIpc) is 2.50.